The Morgan fingerprint density at radius 3 is 2.61 bits per heavy atom. The van der Waals surface area contributed by atoms with Crippen LogP contribution in [0.5, 0.6) is 0 Å². The first kappa shape index (κ1) is 12.5. The summed E-state index contributed by atoms with van der Waals surface area (Å²) in [5.41, 5.74) is -0.638. The number of benzene rings is 1. The molecule has 0 aliphatic carbocycles. The Bertz CT molecular complexity index is 613. The summed E-state index contributed by atoms with van der Waals surface area (Å²) < 4.78 is 32.0. The summed E-state index contributed by atoms with van der Waals surface area (Å²) in [5.74, 6) is -3.76. The zero-order chi connectivity index (χ0) is 13.4. The van der Waals surface area contributed by atoms with Crippen LogP contribution in [-0.2, 0) is 0 Å². The van der Waals surface area contributed by atoms with Crippen molar-refractivity contribution in [2.75, 3.05) is 0 Å². The van der Waals surface area contributed by atoms with Crippen molar-refractivity contribution in [1.82, 2.24) is 5.16 Å². The Morgan fingerprint density at radius 2 is 2.06 bits per heavy atom. The number of rotatable bonds is 2. The Kier molecular flexibility index (Phi) is 3.04. The number of carboxylic acids is 1. The molecule has 1 heterocycles. The number of aromatic carboxylic acids is 1. The van der Waals surface area contributed by atoms with Gasteiger partial charge in [0.2, 0.25) is 5.76 Å². The molecule has 0 fully saturated rings. The third-order valence-corrected chi connectivity index (χ3v) is 2.59. The van der Waals surface area contributed by atoms with E-state index in [-0.39, 0.29) is 16.3 Å². The normalized spacial score (nSPS) is 10.7. The number of aromatic nitrogens is 1. The Balaban J connectivity index is 2.66. The predicted molar refractivity (Wildman–Crippen MR) is 58.6 cm³/mol. The van der Waals surface area contributed by atoms with Crippen LogP contribution in [0.25, 0.3) is 11.3 Å². The number of carbonyl (C=O) groups is 1. The van der Waals surface area contributed by atoms with Crippen molar-refractivity contribution in [3.8, 4) is 11.3 Å². The van der Waals surface area contributed by atoms with Crippen LogP contribution < -0.4 is 0 Å². The second-order valence-corrected chi connectivity index (χ2v) is 3.97. The minimum Gasteiger partial charge on any atom is -0.475 e. The maximum Gasteiger partial charge on any atom is 0.374 e. The highest BCUT2D eigenvalue weighted by molar-refractivity contribution is 6.31. The highest BCUT2D eigenvalue weighted by atomic mass is 35.5. The quantitative estimate of drug-likeness (QED) is 0.853. The fraction of sp³-hybridized carbons (Fsp3) is 0.0909. The molecule has 18 heavy (non-hydrogen) atoms. The monoisotopic (exact) mass is 273 g/mol. The zero-order valence-electron chi connectivity index (χ0n) is 9.00. The van der Waals surface area contributed by atoms with Crippen LogP contribution in [0.4, 0.5) is 8.78 Å². The molecule has 0 unspecified atom stereocenters. The van der Waals surface area contributed by atoms with Crippen LogP contribution in [-0.4, -0.2) is 16.2 Å². The smallest absolute Gasteiger partial charge is 0.374 e. The minimum atomic E-state index is -1.38. The van der Waals surface area contributed by atoms with E-state index in [1.54, 1.807) is 0 Å². The van der Waals surface area contributed by atoms with Crippen molar-refractivity contribution in [1.29, 1.82) is 0 Å². The number of hydrogen-bond acceptors (Lipinski definition) is 3. The van der Waals surface area contributed by atoms with Crippen molar-refractivity contribution in [3.63, 3.8) is 0 Å². The van der Waals surface area contributed by atoms with E-state index in [9.17, 15) is 13.6 Å². The fourth-order valence-corrected chi connectivity index (χ4v) is 1.71. The molecule has 0 amide bonds. The maximum atomic E-state index is 13.8. The number of hydrogen-bond donors (Lipinski definition) is 1. The van der Waals surface area contributed by atoms with Crippen LogP contribution in [0, 0.1) is 18.6 Å². The van der Waals surface area contributed by atoms with Gasteiger partial charge in [0.25, 0.3) is 0 Å². The van der Waals surface area contributed by atoms with E-state index in [1.807, 2.05) is 0 Å². The summed E-state index contributed by atoms with van der Waals surface area (Å²) in [4.78, 5) is 10.6. The third kappa shape index (κ3) is 1.95. The standard InChI is InChI=1S/C11H6ClF2NO3/c1-4-2-5(12)10(14)8(9(4)13)6-3-7(11(16)17)18-15-6/h2-3H,1H3,(H,16,17). The molecule has 0 bridgehead atoms. The Labute approximate surface area is 105 Å². The lowest BCUT2D eigenvalue weighted by molar-refractivity contribution is 0.0652. The van der Waals surface area contributed by atoms with Crippen molar-refractivity contribution in [3.05, 3.63) is 40.1 Å². The van der Waals surface area contributed by atoms with Gasteiger partial charge in [-0.1, -0.05) is 16.8 Å². The highest BCUT2D eigenvalue weighted by Crippen LogP contribution is 2.32. The zero-order valence-corrected chi connectivity index (χ0v) is 9.76. The fourth-order valence-electron chi connectivity index (χ4n) is 1.45. The first-order chi connectivity index (χ1) is 8.41. The van der Waals surface area contributed by atoms with E-state index in [2.05, 4.69) is 9.68 Å². The van der Waals surface area contributed by atoms with Crippen molar-refractivity contribution < 1.29 is 23.2 Å². The Hall–Kier alpha value is -1.95. The molecule has 2 rings (SSSR count). The second-order valence-electron chi connectivity index (χ2n) is 3.56. The average Bonchev–Trinajstić information content (AvgIpc) is 2.76. The maximum absolute atomic E-state index is 13.8. The first-order valence-corrected chi connectivity index (χ1v) is 5.14. The highest BCUT2D eigenvalue weighted by Gasteiger charge is 2.22. The van der Waals surface area contributed by atoms with Crippen LogP contribution >= 0.6 is 11.6 Å². The van der Waals surface area contributed by atoms with E-state index in [0.29, 0.717) is 0 Å². The average molecular weight is 274 g/mol. The van der Waals surface area contributed by atoms with Gasteiger partial charge in [-0.3, -0.25) is 0 Å². The molecule has 0 aliphatic rings. The van der Waals surface area contributed by atoms with E-state index in [4.69, 9.17) is 16.7 Å². The largest absolute Gasteiger partial charge is 0.475 e. The number of carboxylic acid groups (broad SMARTS) is 1. The molecule has 7 heteroatoms. The van der Waals surface area contributed by atoms with Gasteiger partial charge in [-0.2, -0.15) is 0 Å². The van der Waals surface area contributed by atoms with E-state index < -0.39 is 28.9 Å². The van der Waals surface area contributed by atoms with Crippen molar-refractivity contribution >= 4 is 17.6 Å². The lowest BCUT2D eigenvalue weighted by atomic mass is 10.1. The Morgan fingerprint density at radius 1 is 1.39 bits per heavy atom. The van der Waals surface area contributed by atoms with Crippen molar-refractivity contribution in [2.24, 2.45) is 0 Å². The van der Waals surface area contributed by atoms with Gasteiger partial charge in [0.1, 0.15) is 11.5 Å². The topological polar surface area (TPSA) is 63.3 Å². The second kappa shape index (κ2) is 4.38. The molecule has 0 saturated carbocycles. The van der Waals surface area contributed by atoms with Gasteiger partial charge in [-0.25, -0.2) is 13.6 Å². The van der Waals surface area contributed by atoms with Crippen LogP contribution in [0.2, 0.25) is 5.02 Å². The molecule has 1 aromatic carbocycles. The van der Waals surface area contributed by atoms with Gasteiger partial charge in [-0.15, -0.1) is 0 Å². The lowest BCUT2D eigenvalue weighted by Crippen LogP contribution is -1.95. The van der Waals surface area contributed by atoms with Crippen LogP contribution in [0.1, 0.15) is 16.1 Å². The van der Waals surface area contributed by atoms with Gasteiger partial charge in [-0.05, 0) is 18.6 Å². The molecule has 0 radical (unpaired) electrons. The summed E-state index contributed by atoms with van der Waals surface area (Å²) in [7, 11) is 0. The van der Waals surface area contributed by atoms with Crippen LogP contribution in [0.15, 0.2) is 16.7 Å². The molecule has 4 nitrogen and oxygen atoms in total. The molecule has 1 N–H and O–H groups in total. The summed E-state index contributed by atoms with van der Waals surface area (Å²) in [6.45, 7) is 1.41. The summed E-state index contributed by atoms with van der Waals surface area (Å²) >= 11 is 5.59. The number of halogens is 3. The summed E-state index contributed by atoms with van der Waals surface area (Å²) in [6, 6.07) is 2.06. The molecule has 2 aromatic rings. The van der Waals surface area contributed by atoms with Gasteiger partial charge in [0, 0.05) is 6.07 Å². The van der Waals surface area contributed by atoms with Gasteiger partial charge < -0.3 is 9.63 Å². The van der Waals surface area contributed by atoms with Crippen LogP contribution in [0.3, 0.4) is 0 Å². The SMILES string of the molecule is Cc1cc(Cl)c(F)c(-c2cc(C(=O)O)on2)c1F. The number of nitrogens with zero attached hydrogens (tertiary/aromatic N) is 1. The molecule has 0 aliphatic heterocycles. The predicted octanol–water partition coefficient (Wildman–Crippen LogP) is 3.28. The summed E-state index contributed by atoms with van der Waals surface area (Å²) in [6.07, 6.45) is 0. The molecule has 1 aromatic heterocycles. The minimum absolute atomic E-state index is 0.122. The molecule has 0 saturated heterocycles. The van der Waals surface area contributed by atoms with Crippen molar-refractivity contribution in [2.45, 2.75) is 6.92 Å². The van der Waals surface area contributed by atoms with Gasteiger partial charge in [0.15, 0.2) is 5.82 Å². The van der Waals surface area contributed by atoms with E-state index in [0.717, 1.165) is 12.1 Å². The van der Waals surface area contributed by atoms with E-state index >= 15 is 0 Å². The number of aryl methyl sites for hydroxylation is 1. The third-order valence-electron chi connectivity index (χ3n) is 2.32. The van der Waals surface area contributed by atoms with E-state index in [1.165, 1.54) is 6.92 Å². The van der Waals surface area contributed by atoms with Gasteiger partial charge >= 0.3 is 5.97 Å². The van der Waals surface area contributed by atoms with Gasteiger partial charge in [0.05, 0.1) is 10.6 Å². The molecular formula is C11H6ClF2NO3. The molecule has 0 spiro atoms. The molecule has 94 valence electrons. The summed E-state index contributed by atoms with van der Waals surface area (Å²) in [5, 5.41) is 11.7. The first-order valence-electron chi connectivity index (χ1n) is 4.76. The molecule has 0 atom stereocenters. The lowest BCUT2D eigenvalue weighted by Gasteiger charge is -2.05. The molecular weight excluding hydrogens is 268 g/mol.